The Morgan fingerprint density at radius 1 is 1.32 bits per heavy atom. The number of nitrogens with zero attached hydrogens (tertiary/aromatic N) is 1. The molecule has 1 amide bonds. The van der Waals surface area contributed by atoms with Gasteiger partial charge in [-0.3, -0.25) is 14.6 Å². The molecule has 1 aliphatic rings. The summed E-state index contributed by atoms with van der Waals surface area (Å²) >= 11 is 0. The fraction of sp³-hybridized carbons (Fsp3) is 0.500. The van der Waals surface area contributed by atoms with Gasteiger partial charge >= 0.3 is 5.97 Å². The minimum Gasteiger partial charge on any atom is -0.481 e. The Labute approximate surface area is 112 Å². The van der Waals surface area contributed by atoms with Crippen LogP contribution in [0.4, 0.5) is 0 Å². The lowest BCUT2D eigenvalue weighted by molar-refractivity contribution is -0.146. The van der Waals surface area contributed by atoms with Crippen LogP contribution in [0, 0.1) is 17.8 Å². The molecule has 1 fully saturated rings. The van der Waals surface area contributed by atoms with Crippen LogP contribution in [0.25, 0.3) is 0 Å². The van der Waals surface area contributed by atoms with Gasteiger partial charge in [0.15, 0.2) is 0 Å². The maximum Gasteiger partial charge on any atom is 0.307 e. The second-order valence-electron chi connectivity index (χ2n) is 5.20. The van der Waals surface area contributed by atoms with E-state index in [2.05, 4.69) is 10.3 Å². The highest BCUT2D eigenvalue weighted by atomic mass is 16.4. The van der Waals surface area contributed by atoms with Gasteiger partial charge in [0, 0.05) is 18.9 Å². The van der Waals surface area contributed by atoms with Gasteiger partial charge in [-0.25, -0.2) is 0 Å². The molecule has 0 spiro atoms. The Balaban J connectivity index is 1.94. The number of hydrogen-bond donors (Lipinski definition) is 2. The van der Waals surface area contributed by atoms with Crippen molar-refractivity contribution >= 4 is 11.9 Å². The van der Waals surface area contributed by atoms with E-state index < -0.39 is 17.8 Å². The van der Waals surface area contributed by atoms with E-state index in [1.807, 2.05) is 19.1 Å². The third-order valence-corrected chi connectivity index (χ3v) is 3.67. The second-order valence-corrected chi connectivity index (χ2v) is 5.20. The maximum atomic E-state index is 12.1. The first-order valence-electron chi connectivity index (χ1n) is 6.47. The fourth-order valence-electron chi connectivity index (χ4n) is 2.68. The Bertz CT molecular complexity index is 461. The van der Waals surface area contributed by atoms with Gasteiger partial charge in [0.05, 0.1) is 11.8 Å². The van der Waals surface area contributed by atoms with Crippen molar-refractivity contribution in [1.29, 1.82) is 0 Å². The van der Waals surface area contributed by atoms with Crippen LogP contribution in [0.15, 0.2) is 24.5 Å². The first-order valence-corrected chi connectivity index (χ1v) is 6.47. The quantitative estimate of drug-likeness (QED) is 0.860. The molecule has 1 heterocycles. The summed E-state index contributed by atoms with van der Waals surface area (Å²) in [5.74, 6) is -1.69. The van der Waals surface area contributed by atoms with Crippen LogP contribution in [-0.4, -0.2) is 22.0 Å². The van der Waals surface area contributed by atoms with Crippen LogP contribution in [0.5, 0.6) is 0 Å². The first-order chi connectivity index (χ1) is 9.08. The van der Waals surface area contributed by atoms with Gasteiger partial charge in [-0.1, -0.05) is 6.92 Å². The molecule has 0 radical (unpaired) electrons. The number of pyridine rings is 1. The smallest absolute Gasteiger partial charge is 0.307 e. The summed E-state index contributed by atoms with van der Waals surface area (Å²) in [6.07, 6.45) is 4.57. The van der Waals surface area contributed by atoms with E-state index in [-0.39, 0.29) is 11.8 Å². The zero-order chi connectivity index (χ0) is 13.8. The van der Waals surface area contributed by atoms with Crippen molar-refractivity contribution < 1.29 is 14.7 Å². The molecular weight excluding hydrogens is 244 g/mol. The van der Waals surface area contributed by atoms with E-state index in [0.29, 0.717) is 19.4 Å². The van der Waals surface area contributed by atoms with Gasteiger partial charge in [-0.2, -0.15) is 0 Å². The van der Waals surface area contributed by atoms with Gasteiger partial charge in [0.25, 0.3) is 0 Å². The van der Waals surface area contributed by atoms with Crippen molar-refractivity contribution in [2.45, 2.75) is 26.3 Å². The molecule has 2 N–H and O–H groups in total. The minimum absolute atomic E-state index is 0.159. The lowest BCUT2D eigenvalue weighted by Gasteiger charge is -2.15. The van der Waals surface area contributed by atoms with E-state index in [1.165, 1.54) is 0 Å². The van der Waals surface area contributed by atoms with Crippen LogP contribution in [0.1, 0.15) is 25.3 Å². The molecular formula is C14H18N2O3. The molecule has 19 heavy (non-hydrogen) atoms. The Kier molecular flexibility index (Phi) is 4.14. The van der Waals surface area contributed by atoms with Crippen molar-refractivity contribution in [2.75, 3.05) is 0 Å². The van der Waals surface area contributed by atoms with E-state index in [4.69, 9.17) is 5.11 Å². The van der Waals surface area contributed by atoms with E-state index >= 15 is 0 Å². The Hall–Kier alpha value is -1.91. The number of aliphatic carboxylic acids is 1. The number of aromatic nitrogens is 1. The number of nitrogens with one attached hydrogen (secondary N) is 1. The molecule has 1 saturated carbocycles. The van der Waals surface area contributed by atoms with Crippen LogP contribution < -0.4 is 5.32 Å². The average Bonchev–Trinajstić information content (AvgIpc) is 2.79. The number of carboxylic acids is 1. The molecule has 0 saturated heterocycles. The van der Waals surface area contributed by atoms with Gasteiger partial charge in [0.2, 0.25) is 5.91 Å². The summed E-state index contributed by atoms with van der Waals surface area (Å²) in [5, 5.41) is 12.0. The van der Waals surface area contributed by atoms with Crippen LogP contribution in [0.2, 0.25) is 0 Å². The average molecular weight is 262 g/mol. The highest BCUT2D eigenvalue weighted by Gasteiger charge is 2.40. The lowest BCUT2D eigenvalue weighted by Crippen LogP contribution is -2.34. The van der Waals surface area contributed by atoms with E-state index in [0.717, 1.165) is 5.56 Å². The number of carboxylic acid groups (broad SMARTS) is 1. The van der Waals surface area contributed by atoms with Crippen molar-refractivity contribution in [3.05, 3.63) is 30.1 Å². The largest absolute Gasteiger partial charge is 0.481 e. The third-order valence-electron chi connectivity index (χ3n) is 3.67. The zero-order valence-electron chi connectivity index (χ0n) is 10.9. The fourth-order valence-corrected chi connectivity index (χ4v) is 2.68. The maximum absolute atomic E-state index is 12.1. The molecule has 1 unspecified atom stereocenters. The highest BCUT2D eigenvalue weighted by molar-refractivity contribution is 5.85. The Morgan fingerprint density at radius 2 is 1.95 bits per heavy atom. The third kappa shape index (κ3) is 3.30. The summed E-state index contributed by atoms with van der Waals surface area (Å²) in [7, 11) is 0. The van der Waals surface area contributed by atoms with Gasteiger partial charge in [-0.15, -0.1) is 0 Å². The van der Waals surface area contributed by atoms with Crippen LogP contribution >= 0.6 is 0 Å². The molecule has 2 rings (SSSR count). The predicted molar refractivity (Wildman–Crippen MR) is 69.1 cm³/mol. The van der Waals surface area contributed by atoms with Crippen molar-refractivity contribution in [3.8, 4) is 0 Å². The summed E-state index contributed by atoms with van der Waals surface area (Å²) in [6, 6.07) is 3.65. The van der Waals surface area contributed by atoms with E-state index in [9.17, 15) is 9.59 Å². The molecule has 0 aromatic carbocycles. The van der Waals surface area contributed by atoms with Crippen molar-refractivity contribution in [1.82, 2.24) is 10.3 Å². The second kappa shape index (κ2) is 5.82. The van der Waals surface area contributed by atoms with Crippen molar-refractivity contribution in [3.63, 3.8) is 0 Å². The summed E-state index contributed by atoms with van der Waals surface area (Å²) in [5.41, 5.74) is 0.960. The monoisotopic (exact) mass is 262 g/mol. The molecule has 5 nitrogen and oxygen atoms in total. The molecule has 102 valence electrons. The highest BCUT2D eigenvalue weighted by Crippen LogP contribution is 2.36. The normalized spacial score (nSPS) is 26.1. The van der Waals surface area contributed by atoms with Crippen molar-refractivity contribution in [2.24, 2.45) is 17.8 Å². The number of carbonyl (C=O) groups excluding carboxylic acids is 1. The number of hydrogen-bond acceptors (Lipinski definition) is 3. The zero-order valence-corrected chi connectivity index (χ0v) is 10.9. The van der Waals surface area contributed by atoms with Gasteiger partial charge in [-0.05, 0) is 36.5 Å². The molecule has 3 atom stereocenters. The SMILES string of the molecule is CC1C[C@H](C(=O)NCc2ccncc2)[C@H](C(=O)O)C1. The minimum atomic E-state index is -0.867. The van der Waals surface area contributed by atoms with Gasteiger partial charge < -0.3 is 10.4 Å². The Morgan fingerprint density at radius 3 is 2.58 bits per heavy atom. The standard InChI is InChI=1S/C14H18N2O3/c1-9-6-11(12(7-9)14(18)19)13(17)16-8-10-2-4-15-5-3-10/h2-5,9,11-12H,6-8H2,1H3,(H,16,17)(H,18,19)/t9?,11-,12+/m0/s1. The predicted octanol–water partition coefficient (Wildman–Crippen LogP) is 1.44. The molecule has 1 aromatic heterocycles. The molecule has 1 aromatic rings. The first kappa shape index (κ1) is 13.5. The molecule has 5 heteroatoms. The molecule has 1 aliphatic carbocycles. The summed E-state index contributed by atoms with van der Waals surface area (Å²) < 4.78 is 0. The number of amides is 1. The van der Waals surface area contributed by atoms with Crippen LogP contribution in [0.3, 0.4) is 0 Å². The lowest BCUT2D eigenvalue weighted by atomic mass is 9.95. The molecule has 0 bridgehead atoms. The number of carbonyl (C=O) groups is 2. The topological polar surface area (TPSA) is 79.3 Å². The summed E-state index contributed by atoms with van der Waals surface area (Å²) in [6.45, 7) is 2.41. The van der Waals surface area contributed by atoms with E-state index in [1.54, 1.807) is 12.4 Å². The molecule has 0 aliphatic heterocycles. The van der Waals surface area contributed by atoms with Crippen LogP contribution in [-0.2, 0) is 16.1 Å². The number of rotatable bonds is 4. The van der Waals surface area contributed by atoms with Gasteiger partial charge in [0.1, 0.15) is 0 Å². The summed E-state index contributed by atoms with van der Waals surface area (Å²) in [4.78, 5) is 27.1.